The van der Waals surface area contributed by atoms with Crippen LogP contribution in [0.25, 0.3) is 0 Å². The van der Waals surface area contributed by atoms with Crippen LogP contribution in [0.3, 0.4) is 0 Å². The third-order valence-corrected chi connectivity index (χ3v) is 2.98. The van der Waals surface area contributed by atoms with Crippen LogP contribution >= 0.6 is 0 Å². The SMILES string of the molecule is COc1nc(N2CCC(C(N)=O)C2)ccc1N. The zero-order valence-electron chi connectivity index (χ0n) is 9.72. The lowest BCUT2D eigenvalue weighted by Crippen LogP contribution is -2.27. The fourth-order valence-corrected chi connectivity index (χ4v) is 1.98. The predicted octanol–water partition coefficient (Wildman–Crippen LogP) is -0.0160. The van der Waals surface area contributed by atoms with Crippen molar-refractivity contribution in [2.45, 2.75) is 6.42 Å². The summed E-state index contributed by atoms with van der Waals surface area (Å²) in [7, 11) is 1.53. The predicted molar refractivity (Wildman–Crippen MR) is 64.7 cm³/mol. The summed E-state index contributed by atoms with van der Waals surface area (Å²) in [6, 6.07) is 3.57. The van der Waals surface area contributed by atoms with Crippen molar-refractivity contribution in [3.63, 3.8) is 0 Å². The first-order valence-electron chi connectivity index (χ1n) is 5.46. The van der Waals surface area contributed by atoms with Crippen LogP contribution in [0.15, 0.2) is 12.1 Å². The van der Waals surface area contributed by atoms with Gasteiger partial charge in [-0.1, -0.05) is 0 Å². The van der Waals surface area contributed by atoms with E-state index in [1.54, 1.807) is 6.07 Å². The smallest absolute Gasteiger partial charge is 0.238 e. The van der Waals surface area contributed by atoms with Crippen molar-refractivity contribution in [2.75, 3.05) is 30.8 Å². The average Bonchev–Trinajstić information content (AvgIpc) is 2.79. The molecule has 0 bridgehead atoms. The molecule has 0 spiro atoms. The number of primary amides is 1. The third-order valence-electron chi connectivity index (χ3n) is 2.98. The maximum atomic E-state index is 11.1. The fraction of sp³-hybridized carbons (Fsp3) is 0.455. The number of methoxy groups -OCH3 is 1. The molecule has 17 heavy (non-hydrogen) atoms. The number of nitrogens with zero attached hydrogens (tertiary/aromatic N) is 2. The monoisotopic (exact) mass is 236 g/mol. The lowest BCUT2D eigenvalue weighted by molar-refractivity contribution is -0.121. The van der Waals surface area contributed by atoms with E-state index in [1.807, 2.05) is 11.0 Å². The lowest BCUT2D eigenvalue weighted by Gasteiger charge is -2.17. The number of amides is 1. The number of rotatable bonds is 3. The Balaban J connectivity index is 2.16. The van der Waals surface area contributed by atoms with Gasteiger partial charge in [0.25, 0.3) is 0 Å². The quantitative estimate of drug-likeness (QED) is 0.769. The molecule has 4 N–H and O–H groups in total. The maximum Gasteiger partial charge on any atom is 0.238 e. The largest absolute Gasteiger partial charge is 0.479 e. The van der Waals surface area contributed by atoms with Crippen molar-refractivity contribution < 1.29 is 9.53 Å². The van der Waals surface area contributed by atoms with Crippen LogP contribution in [-0.4, -0.2) is 31.1 Å². The summed E-state index contributed by atoms with van der Waals surface area (Å²) in [4.78, 5) is 17.4. The molecular weight excluding hydrogens is 220 g/mol. The molecule has 2 rings (SSSR count). The summed E-state index contributed by atoms with van der Waals surface area (Å²) in [5, 5.41) is 0. The topological polar surface area (TPSA) is 94.5 Å². The number of aromatic nitrogens is 1. The van der Waals surface area contributed by atoms with E-state index in [0.717, 1.165) is 18.8 Å². The van der Waals surface area contributed by atoms with Crippen LogP contribution in [0.2, 0.25) is 0 Å². The van der Waals surface area contributed by atoms with E-state index in [9.17, 15) is 4.79 Å². The van der Waals surface area contributed by atoms with Crippen molar-refractivity contribution >= 4 is 17.4 Å². The molecule has 0 aromatic carbocycles. The van der Waals surface area contributed by atoms with Gasteiger partial charge in [-0.2, -0.15) is 4.98 Å². The first kappa shape index (κ1) is 11.5. The molecule has 1 aromatic heterocycles. The minimum absolute atomic E-state index is 0.0969. The van der Waals surface area contributed by atoms with E-state index in [4.69, 9.17) is 16.2 Å². The summed E-state index contributed by atoms with van der Waals surface area (Å²) in [6.07, 6.45) is 0.768. The van der Waals surface area contributed by atoms with Crippen molar-refractivity contribution in [2.24, 2.45) is 11.7 Å². The van der Waals surface area contributed by atoms with E-state index in [0.29, 0.717) is 18.1 Å². The molecule has 0 radical (unpaired) electrons. The Hall–Kier alpha value is -1.98. The molecule has 0 aliphatic carbocycles. The molecule has 92 valence electrons. The van der Waals surface area contributed by atoms with Gasteiger partial charge in [0.1, 0.15) is 5.82 Å². The Morgan fingerprint density at radius 1 is 1.59 bits per heavy atom. The van der Waals surface area contributed by atoms with Gasteiger partial charge in [0, 0.05) is 13.1 Å². The van der Waals surface area contributed by atoms with Crippen LogP contribution < -0.4 is 21.1 Å². The zero-order chi connectivity index (χ0) is 12.4. The molecule has 1 unspecified atom stereocenters. The van der Waals surface area contributed by atoms with E-state index < -0.39 is 0 Å². The second kappa shape index (κ2) is 4.48. The zero-order valence-corrected chi connectivity index (χ0v) is 9.72. The molecule has 1 aromatic rings. The highest BCUT2D eigenvalue weighted by Crippen LogP contribution is 2.26. The molecule has 6 heteroatoms. The van der Waals surface area contributed by atoms with Crippen molar-refractivity contribution in [1.82, 2.24) is 4.98 Å². The molecule has 1 aliphatic heterocycles. The number of carbonyl (C=O) groups is 1. The van der Waals surface area contributed by atoms with Gasteiger partial charge < -0.3 is 21.1 Å². The Bertz CT molecular complexity index is 435. The van der Waals surface area contributed by atoms with Gasteiger partial charge in [-0.15, -0.1) is 0 Å². The normalized spacial score (nSPS) is 19.4. The molecule has 1 amide bonds. The van der Waals surface area contributed by atoms with Gasteiger partial charge in [-0.3, -0.25) is 4.79 Å². The summed E-state index contributed by atoms with van der Waals surface area (Å²) >= 11 is 0. The highest BCUT2D eigenvalue weighted by molar-refractivity contribution is 5.78. The maximum absolute atomic E-state index is 11.1. The van der Waals surface area contributed by atoms with Crippen LogP contribution in [0.1, 0.15) is 6.42 Å². The number of hydrogen-bond donors (Lipinski definition) is 2. The standard InChI is InChI=1S/C11H16N4O2/c1-17-11-8(12)2-3-9(14-11)15-5-4-7(6-15)10(13)16/h2-3,7H,4-6,12H2,1H3,(H2,13,16). The van der Waals surface area contributed by atoms with E-state index >= 15 is 0 Å². The van der Waals surface area contributed by atoms with Gasteiger partial charge >= 0.3 is 0 Å². The average molecular weight is 236 g/mol. The number of anilines is 2. The van der Waals surface area contributed by atoms with Gasteiger partial charge in [-0.25, -0.2) is 0 Å². The summed E-state index contributed by atoms with van der Waals surface area (Å²) in [5.41, 5.74) is 11.5. The second-order valence-corrected chi connectivity index (χ2v) is 4.10. The number of ether oxygens (including phenoxy) is 1. The van der Waals surface area contributed by atoms with Crippen LogP contribution in [0, 0.1) is 5.92 Å². The Morgan fingerprint density at radius 3 is 2.94 bits per heavy atom. The number of nitrogens with two attached hydrogens (primary N) is 2. The highest BCUT2D eigenvalue weighted by atomic mass is 16.5. The highest BCUT2D eigenvalue weighted by Gasteiger charge is 2.27. The molecule has 1 aliphatic rings. The molecule has 1 atom stereocenters. The molecule has 6 nitrogen and oxygen atoms in total. The Kier molecular flexibility index (Phi) is 3.03. The number of nitrogen functional groups attached to an aromatic ring is 1. The molecular formula is C11H16N4O2. The van der Waals surface area contributed by atoms with Crippen LogP contribution in [-0.2, 0) is 4.79 Å². The van der Waals surface area contributed by atoms with Gasteiger partial charge in [0.2, 0.25) is 11.8 Å². The number of carbonyl (C=O) groups excluding carboxylic acids is 1. The van der Waals surface area contributed by atoms with Gasteiger partial charge in [0.05, 0.1) is 18.7 Å². The minimum atomic E-state index is -0.255. The van der Waals surface area contributed by atoms with E-state index in [2.05, 4.69) is 4.98 Å². The van der Waals surface area contributed by atoms with E-state index in [1.165, 1.54) is 7.11 Å². The first-order valence-corrected chi connectivity index (χ1v) is 5.46. The van der Waals surface area contributed by atoms with Crippen molar-refractivity contribution in [3.8, 4) is 5.88 Å². The van der Waals surface area contributed by atoms with Crippen LogP contribution in [0.4, 0.5) is 11.5 Å². The number of pyridine rings is 1. The molecule has 1 saturated heterocycles. The van der Waals surface area contributed by atoms with Crippen molar-refractivity contribution in [3.05, 3.63) is 12.1 Å². The van der Waals surface area contributed by atoms with E-state index in [-0.39, 0.29) is 11.8 Å². The summed E-state index contributed by atoms with van der Waals surface area (Å²) in [5.74, 6) is 0.820. The van der Waals surface area contributed by atoms with Gasteiger partial charge in [-0.05, 0) is 18.6 Å². The molecule has 0 saturated carbocycles. The first-order chi connectivity index (χ1) is 8.11. The lowest BCUT2D eigenvalue weighted by atomic mass is 10.1. The number of hydrogen-bond acceptors (Lipinski definition) is 5. The summed E-state index contributed by atoms with van der Waals surface area (Å²) in [6.45, 7) is 1.38. The van der Waals surface area contributed by atoms with Gasteiger partial charge in [0.15, 0.2) is 0 Å². The second-order valence-electron chi connectivity index (χ2n) is 4.10. The van der Waals surface area contributed by atoms with Crippen molar-refractivity contribution in [1.29, 1.82) is 0 Å². The molecule has 2 heterocycles. The van der Waals surface area contributed by atoms with Crippen LogP contribution in [0.5, 0.6) is 5.88 Å². The Labute approximate surface area is 99.5 Å². The summed E-state index contributed by atoms with van der Waals surface area (Å²) < 4.78 is 5.07. The third kappa shape index (κ3) is 2.25. The molecule has 1 fully saturated rings. The minimum Gasteiger partial charge on any atom is -0.479 e. The fourth-order valence-electron chi connectivity index (χ4n) is 1.98. The Morgan fingerprint density at radius 2 is 2.35 bits per heavy atom.